The zero-order chi connectivity index (χ0) is 19.6. The van der Waals surface area contributed by atoms with Gasteiger partial charge >= 0.3 is 0 Å². The van der Waals surface area contributed by atoms with E-state index in [4.69, 9.17) is 4.74 Å². The lowest BCUT2D eigenvalue weighted by Gasteiger charge is -2.04. The molecule has 1 amide bonds. The average Bonchev–Trinajstić information content (AvgIpc) is 3.18. The molecule has 0 saturated heterocycles. The normalized spacial score (nSPS) is 10.6. The lowest BCUT2D eigenvalue weighted by Crippen LogP contribution is -2.11. The predicted molar refractivity (Wildman–Crippen MR) is 119 cm³/mol. The Balaban J connectivity index is 1.40. The molecular formula is C22H24N2O2S2. The second kappa shape index (κ2) is 10.9. The molecule has 28 heavy (non-hydrogen) atoms. The van der Waals surface area contributed by atoms with Gasteiger partial charge in [0.1, 0.15) is 5.75 Å². The summed E-state index contributed by atoms with van der Waals surface area (Å²) in [6.07, 6.45) is 1.38. The fourth-order valence-corrected chi connectivity index (χ4v) is 4.29. The molecule has 146 valence electrons. The molecule has 1 heterocycles. The Hall–Kier alpha value is -2.31. The van der Waals surface area contributed by atoms with Gasteiger partial charge in [0.2, 0.25) is 5.91 Å². The largest absolute Gasteiger partial charge is 0.494 e. The van der Waals surface area contributed by atoms with Crippen molar-refractivity contribution in [3.05, 3.63) is 65.5 Å². The van der Waals surface area contributed by atoms with E-state index in [1.807, 2.05) is 54.4 Å². The highest BCUT2D eigenvalue weighted by Gasteiger charge is 2.08. The molecule has 0 aliphatic rings. The summed E-state index contributed by atoms with van der Waals surface area (Å²) in [6.45, 7) is 2.61. The third-order valence-corrected chi connectivity index (χ3v) is 5.89. The van der Waals surface area contributed by atoms with E-state index in [1.54, 1.807) is 0 Å². The second-order valence-electron chi connectivity index (χ2n) is 6.19. The summed E-state index contributed by atoms with van der Waals surface area (Å²) in [7, 11) is 0. The van der Waals surface area contributed by atoms with Crippen molar-refractivity contribution in [2.75, 3.05) is 17.7 Å². The van der Waals surface area contributed by atoms with Gasteiger partial charge in [-0.1, -0.05) is 30.3 Å². The molecule has 0 bridgehead atoms. The van der Waals surface area contributed by atoms with Crippen LogP contribution >= 0.6 is 23.1 Å². The molecule has 1 N–H and O–H groups in total. The predicted octanol–water partition coefficient (Wildman–Crippen LogP) is 5.86. The summed E-state index contributed by atoms with van der Waals surface area (Å²) in [5.41, 5.74) is 3.20. The van der Waals surface area contributed by atoms with Crippen LogP contribution in [0.1, 0.15) is 25.3 Å². The van der Waals surface area contributed by atoms with Gasteiger partial charge in [-0.05, 0) is 48.9 Å². The van der Waals surface area contributed by atoms with Crippen LogP contribution in [0.15, 0.2) is 60.0 Å². The van der Waals surface area contributed by atoms with Gasteiger partial charge in [0, 0.05) is 23.1 Å². The molecule has 2 aromatic carbocycles. The monoisotopic (exact) mass is 412 g/mol. The molecule has 3 aromatic rings. The molecule has 0 radical (unpaired) electrons. The van der Waals surface area contributed by atoms with Crippen LogP contribution in [0.3, 0.4) is 0 Å². The summed E-state index contributed by atoms with van der Waals surface area (Å²) in [6, 6.07) is 18.2. The molecule has 0 aliphatic carbocycles. The van der Waals surface area contributed by atoms with Gasteiger partial charge in [-0.25, -0.2) is 4.98 Å². The number of nitrogens with one attached hydrogen (secondary N) is 1. The minimum absolute atomic E-state index is 0.0212. The van der Waals surface area contributed by atoms with Crippen LogP contribution in [0.2, 0.25) is 0 Å². The van der Waals surface area contributed by atoms with Crippen molar-refractivity contribution >= 4 is 34.1 Å². The van der Waals surface area contributed by atoms with Crippen LogP contribution in [-0.2, 0) is 10.5 Å². The van der Waals surface area contributed by atoms with Crippen LogP contribution in [-0.4, -0.2) is 23.3 Å². The Morgan fingerprint density at radius 2 is 1.93 bits per heavy atom. The third-order valence-electron chi connectivity index (χ3n) is 4.02. The first-order valence-corrected chi connectivity index (χ1v) is 11.4. The summed E-state index contributed by atoms with van der Waals surface area (Å²) in [5, 5.41) is 5.51. The number of hydrogen-bond donors (Lipinski definition) is 1. The maximum Gasteiger partial charge on any atom is 0.226 e. The average molecular weight is 413 g/mol. The van der Waals surface area contributed by atoms with Crippen LogP contribution in [0.5, 0.6) is 5.75 Å². The zero-order valence-corrected chi connectivity index (χ0v) is 17.5. The van der Waals surface area contributed by atoms with Crippen molar-refractivity contribution in [1.82, 2.24) is 4.98 Å². The Kier molecular flexibility index (Phi) is 7.94. The van der Waals surface area contributed by atoms with Gasteiger partial charge in [0.05, 0.1) is 12.3 Å². The van der Waals surface area contributed by atoms with E-state index >= 15 is 0 Å². The molecule has 0 aliphatic heterocycles. The minimum Gasteiger partial charge on any atom is -0.494 e. The quantitative estimate of drug-likeness (QED) is 0.424. The molecule has 1 aromatic heterocycles. The van der Waals surface area contributed by atoms with Crippen LogP contribution in [0.4, 0.5) is 5.13 Å². The molecule has 0 fully saturated rings. The van der Waals surface area contributed by atoms with Crippen LogP contribution in [0.25, 0.3) is 11.3 Å². The molecular weight excluding hydrogens is 388 g/mol. The lowest BCUT2D eigenvalue weighted by atomic mass is 10.2. The summed E-state index contributed by atoms with van der Waals surface area (Å²) >= 11 is 3.31. The van der Waals surface area contributed by atoms with Gasteiger partial charge in [-0.3, -0.25) is 4.79 Å². The Morgan fingerprint density at radius 1 is 1.14 bits per heavy atom. The summed E-state index contributed by atoms with van der Waals surface area (Å²) in [4.78, 5) is 16.7. The van der Waals surface area contributed by atoms with E-state index in [-0.39, 0.29) is 5.91 Å². The van der Waals surface area contributed by atoms with Crippen molar-refractivity contribution in [2.45, 2.75) is 25.5 Å². The fraction of sp³-hybridized carbons (Fsp3) is 0.273. The Morgan fingerprint density at radius 3 is 2.68 bits per heavy atom. The fourth-order valence-electron chi connectivity index (χ4n) is 2.63. The van der Waals surface area contributed by atoms with Gasteiger partial charge in [-0.2, -0.15) is 11.8 Å². The Bertz CT molecular complexity index is 864. The van der Waals surface area contributed by atoms with E-state index in [2.05, 4.69) is 34.6 Å². The molecule has 0 atom stereocenters. The second-order valence-corrected chi connectivity index (χ2v) is 8.15. The maximum atomic E-state index is 12.1. The number of benzene rings is 2. The van der Waals surface area contributed by atoms with E-state index < -0.39 is 0 Å². The molecule has 0 saturated carbocycles. The van der Waals surface area contributed by atoms with Gasteiger partial charge < -0.3 is 10.1 Å². The highest BCUT2D eigenvalue weighted by molar-refractivity contribution is 7.98. The molecule has 0 spiro atoms. The maximum absolute atomic E-state index is 12.1. The molecule has 4 nitrogen and oxygen atoms in total. The lowest BCUT2D eigenvalue weighted by molar-refractivity contribution is -0.116. The summed E-state index contributed by atoms with van der Waals surface area (Å²) < 4.78 is 5.46. The zero-order valence-electron chi connectivity index (χ0n) is 15.9. The number of carbonyl (C=O) groups is 1. The number of rotatable bonds is 10. The van der Waals surface area contributed by atoms with E-state index in [1.165, 1.54) is 16.9 Å². The van der Waals surface area contributed by atoms with Gasteiger partial charge in [0.15, 0.2) is 5.13 Å². The van der Waals surface area contributed by atoms with Crippen molar-refractivity contribution in [3.63, 3.8) is 0 Å². The third kappa shape index (κ3) is 6.39. The number of thiazole rings is 1. The molecule has 0 unspecified atom stereocenters. The number of hydrogen-bond acceptors (Lipinski definition) is 5. The van der Waals surface area contributed by atoms with Crippen LogP contribution < -0.4 is 10.1 Å². The van der Waals surface area contributed by atoms with Crippen molar-refractivity contribution in [1.29, 1.82) is 0 Å². The molecule has 6 heteroatoms. The Labute approximate surface area is 174 Å². The number of thioether (sulfide) groups is 1. The number of anilines is 1. The number of nitrogens with zero attached hydrogens (tertiary/aromatic N) is 1. The highest BCUT2D eigenvalue weighted by Crippen LogP contribution is 2.26. The van der Waals surface area contributed by atoms with E-state index in [0.29, 0.717) is 18.2 Å². The van der Waals surface area contributed by atoms with Crippen molar-refractivity contribution < 1.29 is 9.53 Å². The first kappa shape index (κ1) is 20.4. The first-order chi connectivity index (χ1) is 13.7. The summed E-state index contributed by atoms with van der Waals surface area (Å²) in [5.74, 6) is 2.82. The smallest absolute Gasteiger partial charge is 0.226 e. The number of ether oxygens (including phenoxy) is 1. The standard InChI is InChI=1S/C22H24N2O2S2/c1-2-26-19-12-10-18(11-13-19)20-16-28-22(23-20)24-21(25)9-6-14-27-15-17-7-4-3-5-8-17/h3-5,7-8,10-13,16H,2,6,9,14-15H2,1H3,(H,23,24,25). The van der Waals surface area contributed by atoms with Gasteiger partial charge in [-0.15, -0.1) is 11.3 Å². The van der Waals surface area contributed by atoms with E-state index in [0.717, 1.165) is 34.9 Å². The molecule has 3 rings (SSSR count). The number of aromatic nitrogens is 1. The number of amides is 1. The SMILES string of the molecule is CCOc1ccc(-c2csc(NC(=O)CCCSCc3ccccc3)n2)cc1. The topological polar surface area (TPSA) is 51.2 Å². The number of carbonyl (C=O) groups excluding carboxylic acids is 1. The van der Waals surface area contributed by atoms with E-state index in [9.17, 15) is 4.79 Å². The van der Waals surface area contributed by atoms with Crippen molar-refractivity contribution in [3.8, 4) is 17.0 Å². The van der Waals surface area contributed by atoms with Crippen LogP contribution in [0, 0.1) is 0 Å². The minimum atomic E-state index is 0.0212. The first-order valence-electron chi connectivity index (χ1n) is 9.35. The highest BCUT2D eigenvalue weighted by atomic mass is 32.2. The van der Waals surface area contributed by atoms with Gasteiger partial charge in [0.25, 0.3) is 0 Å². The van der Waals surface area contributed by atoms with Crippen molar-refractivity contribution in [2.24, 2.45) is 0 Å².